The Labute approximate surface area is 161 Å². The monoisotopic (exact) mass is 380 g/mol. The smallest absolute Gasteiger partial charge is 0.238 e. The van der Waals surface area contributed by atoms with E-state index in [1.165, 1.54) is 0 Å². The van der Waals surface area contributed by atoms with Gasteiger partial charge in [-0.2, -0.15) is 4.98 Å². The molecule has 0 radical (unpaired) electrons. The lowest BCUT2D eigenvalue weighted by molar-refractivity contribution is -0.118. The van der Waals surface area contributed by atoms with Gasteiger partial charge in [-0.05, 0) is 31.2 Å². The lowest BCUT2D eigenvalue weighted by Gasteiger charge is -2.36. The largest absolute Gasteiger partial charge is 0.494 e. The van der Waals surface area contributed by atoms with Crippen LogP contribution in [0.15, 0.2) is 47.4 Å². The standard InChI is InChI=1S/C19H20N6O3/c1-2-27-15-5-3-14(4-6-15)22-17(26)12-25-10-13(11-25)19-23-18(24-28-19)16-9-20-7-8-21-16/h3-9,13H,2,10-12H2,1H3,(H,22,26). The third kappa shape index (κ3) is 4.15. The van der Waals surface area contributed by atoms with Crippen molar-refractivity contribution in [3.63, 3.8) is 0 Å². The average molecular weight is 380 g/mol. The van der Waals surface area contributed by atoms with Crippen molar-refractivity contribution in [2.45, 2.75) is 12.8 Å². The van der Waals surface area contributed by atoms with Gasteiger partial charge in [0.15, 0.2) is 0 Å². The minimum Gasteiger partial charge on any atom is -0.494 e. The van der Waals surface area contributed by atoms with Gasteiger partial charge in [0, 0.05) is 31.2 Å². The third-order valence-electron chi connectivity index (χ3n) is 4.36. The molecule has 3 heterocycles. The normalized spacial score (nSPS) is 14.5. The maximum Gasteiger partial charge on any atom is 0.238 e. The van der Waals surface area contributed by atoms with E-state index in [-0.39, 0.29) is 11.8 Å². The third-order valence-corrected chi connectivity index (χ3v) is 4.36. The molecule has 3 aromatic rings. The van der Waals surface area contributed by atoms with Crippen LogP contribution in [0, 0.1) is 0 Å². The van der Waals surface area contributed by atoms with Crippen molar-refractivity contribution in [2.24, 2.45) is 0 Å². The van der Waals surface area contributed by atoms with Gasteiger partial charge in [0.05, 0.1) is 25.3 Å². The van der Waals surface area contributed by atoms with E-state index in [2.05, 4.69) is 25.4 Å². The lowest BCUT2D eigenvalue weighted by atomic mass is 10.0. The van der Waals surface area contributed by atoms with Crippen molar-refractivity contribution in [2.75, 3.05) is 31.6 Å². The van der Waals surface area contributed by atoms with Gasteiger partial charge < -0.3 is 14.6 Å². The highest BCUT2D eigenvalue weighted by molar-refractivity contribution is 5.92. The van der Waals surface area contributed by atoms with E-state index < -0.39 is 0 Å². The Morgan fingerprint density at radius 2 is 2.11 bits per heavy atom. The van der Waals surface area contributed by atoms with Crippen LogP contribution in [0.25, 0.3) is 11.5 Å². The number of nitrogens with one attached hydrogen (secondary N) is 1. The molecule has 1 fully saturated rings. The molecule has 9 nitrogen and oxygen atoms in total. The second kappa shape index (κ2) is 8.13. The summed E-state index contributed by atoms with van der Waals surface area (Å²) >= 11 is 0. The highest BCUT2D eigenvalue weighted by atomic mass is 16.5. The summed E-state index contributed by atoms with van der Waals surface area (Å²) < 4.78 is 10.7. The SMILES string of the molecule is CCOc1ccc(NC(=O)CN2CC(c3nc(-c4cnccn4)no3)C2)cc1. The van der Waals surface area contributed by atoms with Crippen molar-refractivity contribution in [3.8, 4) is 17.3 Å². The summed E-state index contributed by atoms with van der Waals surface area (Å²) in [7, 11) is 0. The molecule has 0 atom stereocenters. The van der Waals surface area contributed by atoms with Crippen molar-refractivity contribution in [3.05, 3.63) is 48.7 Å². The van der Waals surface area contributed by atoms with Crippen LogP contribution < -0.4 is 10.1 Å². The molecule has 0 saturated carbocycles. The average Bonchev–Trinajstić information content (AvgIpc) is 3.16. The molecule has 0 spiro atoms. The van der Waals surface area contributed by atoms with Crippen molar-refractivity contribution in [1.29, 1.82) is 0 Å². The number of likely N-dealkylation sites (tertiary alicyclic amines) is 1. The number of aromatic nitrogens is 4. The van der Waals surface area contributed by atoms with E-state index in [0.29, 0.717) is 43.7 Å². The number of amides is 1. The summed E-state index contributed by atoms with van der Waals surface area (Å²) in [6.07, 6.45) is 4.76. The molecule has 2 aromatic heterocycles. The van der Waals surface area contributed by atoms with Crippen LogP contribution in [0.2, 0.25) is 0 Å². The Hall–Kier alpha value is -3.33. The molecule has 9 heteroatoms. The van der Waals surface area contributed by atoms with Crippen LogP contribution in [0.4, 0.5) is 5.69 Å². The first-order valence-corrected chi connectivity index (χ1v) is 9.06. The molecule has 28 heavy (non-hydrogen) atoms. The molecule has 1 aliphatic rings. The molecule has 1 amide bonds. The maximum atomic E-state index is 12.2. The number of hydrogen-bond donors (Lipinski definition) is 1. The van der Waals surface area contributed by atoms with Gasteiger partial charge in [0.25, 0.3) is 0 Å². The van der Waals surface area contributed by atoms with Gasteiger partial charge in [0.2, 0.25) is 17.6 Å². The maximum absolute atomic E-state index is 12.2. The molecule has 1 N–H and O–H groups in total. The minimum absolute atomic E-state index is 0.0617. The molecule has 1 aliphatic heterocycles. The molecule has 144 valence electrons. The van der Waals surface area contributed by atoms with Crippen LogP contribution in [-0.4, -0.2) is 57.2 Å². The van der Waals surface area contributed by atoms with Gasteiger partial charge in [-0.1, -0.05) is 5.16 Å². The summed E-state index contributed by atoms with van der Waals surface area (Å²) in [6, 6.07) is 7.33. The first kappa shape index (κ1) is 18.1. The lowest BCUT2D eigenvalue weighted by Crippen LogP contribution is -2.48. The van der Waals surface area contributed by atoms with Crippen LogP contribution in [-0.2, 0) is 4.79 Å². The van der Waals surface area contributed by atoms with Gasteiger partial charge in [-0.3, -0.25) is 14.7 Å². The van der Waals surface area contributed by atoms with E-state index >= 15 is 0 Å². The van der Waals surface area contributed by atoms with Gasteiger partial charge in [-0.15, -0.1) is 0 Å². The topological polar surface area (TPSA) is 106 Å². The van der Waals surface area contributed by atoms with E-state index in [9.17, 15) is 4.79 Å². The molecule has 0 unspecified atom stereocenters. The molecule has 1 aromatic carbocycles. The molecular weight excluding hydrogens is 360 g/mol. The highest BCUT2D eigenvalue weighted by Gasteiger charge is 2.33. The summed E-state index contributed by atoms with van der Waals surface area (Å²) in [5, 5.41) is 6.84. The number of benzene rings is 1. The van der Waals surface area contributed by atoms with E-state index in [1.54, 1.807) is 18.6 Å². The fourth-order valence-corrected chi connectivity index (χ4v) is 2.98. The number of carbonyl (C=O) groups is 1. The fraction of sp³-hybridized carbons (Fsp3) is 0.316. The molecule has 4 rings (SSSR count). The number of ether oxygens (including phenoxy) is 1. The van der Waals surface area contributed by atoms with Crippen molar-refractivity contribution in [1.82, 2.24) is 25.0 Å². The van der Waals surface area contributed by atoms with Crippen molar-refractivity contribution < 1.29 is 14.1 Å². The molecule has 0 aliphatic carbocycles. The Morgan fingerprint density at radius 1 is 1.29 bits per heavy atom. The van der Waals surface area contributed by atoms with Crippen LogP contribution in [0.3, 0.4) is 0 Å². The second-order valence-electron chi connectivity index (χ2n) is 6.44. The minimum atomic E-state index is -0.0617. The van der Waals surface area contributed by atoms with E-state index in [4.69, 9.17) is 9.26 Å². The van der Waals surface area contributed by atoms with Crippen molar-refractivity contribution >= 4 is 11.6 Å². The van der Waals surface area contributed by atoms with Crippen LogP contribution >= 0.6 is 0 Å². The number of rotatable bonds is 7. The van der Waals surface area contributed by atoms with Gasteiger partial charge >= 0.3 is 0 Å². The Kier molecular flexibility index (Phi) is 5.24. The fourth-order valence-electron chi connectivity index (χ4n) is 2.98. The summed E-state index contributed by atoms with van der Waals surface area (Å²) in [5.41, 5.74) is 1.32. The first-order valence-electron chi connectivity index (χ1n) is 9.06. The molecular formula is C19H20N6O3. The Morgan fingerprint density at radius 3 is 2.82 bits per heavy atom. The summed E-state index contributed by atoms with van der Waals surface area (Å²) in [5.74, 6) is 1.83. The van der Waals surface area contributed by atoms with Crippen LogP contribution in [0.5, 0.6) is 5.75 Å². The molecule has 1 saturated heterocycles. The number of nitrogens with zero attached hydrogens (tertiary/aromatic N) is 5. The Balaban J connectivity index is 1.25. The zero-order valence-corrected chi connectivity index (χ0v) is 15.4. The number of anilines is 1. The molecule has 0 bridgehead atoms. The summed E-state index contributed by atoms with van der Waals surface area (Å²) in [6.45, 7) is 4.25. The zero-order valence-electron chi connectivity index (χ0n) is 15.4. The van der Waals surface area contributed by atoms with Crippen LogP contribution in [0.1, 0.15) is 18.7 Å². The quantitative estimate of drug-likeness (QED) is 0.663. The number of carbonyl (C=O) groups excluding carboxylic acids is 1. The van der Waals surface area contributed by atoms with E-state index in [1.807, 2.05) is 36.1 Å². The zero-order chi connectivity index (χ0) is 19.3. The second-order valence-corrected chi connectivity index (χ2v) is 6.44. The first-order chi connectivity index (χ1) is 13.7. The van der Waals surface area contributed by atoms with Gasteiger partial charge in [-0.25, -0.2) is 4.98 Å². The summed E-state index contributed by atoms with van der Waals surface area (Å²) in [4.78, 5) is 26.8. The highest BCUT2D eigenvalue weighted by Crippen LogP contribution is 2.27. The van der Waals surface area contributed by atoms with E-state index in [0.717, 1.165) is 11.4 Å². The number of hydrogen-bond acceptors (Lipinski definition) is 8. The predicted molar refractivity (Wildman–Crippen MR) is 101 cm³/mol. The predicted octanol–water partition coefficient (Wildman–Crippen LogP) is 1.96. The van der Waals surface area contributed by atoms with Gasteiger partial charge in [0.1, 0.15) is 11.4 Å². The Bertz CT molecular complexity index is 922.